The molecule has 1 N–H and O–H groups in total. The molecule has 0 aliphatic carbocycles. The number of aliphatic imine (C=N–C) groups is 1. The van der Waals surface area contributed by atoms with Crippen LogP contribution in [0.15, 0.2) is 23.2 Å². The lowest BCUT2D eigenvalue weighted by molar-refractivity contribution is 0.634. The third kappa shape index (κ3) is 3.80. The number of hydrogen-bond donors (Lipinski definition) is 1. The van der Waals surface area contributed by atoms with E-state index in [0.717, 1.165) is 29.4 Å². The molecule has 0 bridgehead atoms. The van der Waals surface area contributed by atoms with Crippen molar-refractivity contribution in [2.45, 2.75) is 25.8 Å². The molecule has 1 atom stereocenters. The van der Waals surface area contributed by atoms with E-state index in [4.69, 9.17) is 23.2 Å². The van der Waals surface area contributed by atoms with Gasteiger partial charge in [-0.1, -0.05) is 41.9 Å². The Morgan fingerprint density at radius 2 is 2.06 bits per heavy atom. The molecular formula is C12H14Cl2N2S. The lowest BCUT2D eigenvalue weighted by atomic mass is 10.2. The normalized spacial score (nSPS) is 19.9. The third-order valence-corrected chi connectivity index (χ3v) is 3.93. The number of anilines is 1. The van der Waals surface area contributed by atoms with E-state index >= 15 is 0 Å². The van der Waals surface area contributed by atoms with Crippen LogP contribution in [0.5, 0.6) is 0 Å². The second kappa shape index (κ2) is 5.98. The Hall–Kier alpha value is -0.380. The molecule has 1 aromatic carbocycles. The maximum Gasteiger partial charge on any atom is 0.161 e. The monoisotopic (exact) mass is 288 g/mol. The second-order valence-corrected chi connectivity index (χ2v) is 5.87. The van der Waals surface area contributed by atoms with Crippen molar-refractivity contribution in [3.05, 3.63) is 28.2 Å². The predicted molar refractivity (Wildman–Crippen MR) is 78.7 cm³/mol. The van der Waals surface area contributed by atoms with Gasteiger partial charge < -0.3 is 5.32 Å². The van der Waals surface area contributed by atoms with Gasteiger partial charge in [-0.2, -0.15) is 0 Å². The van der Waals surface area contributed by atoms with Gasteiger partial charge in [0.2, 0.25) is 0 Å². The van der Waals surface area contributed by atoms with Crippen LogP contribution in [0.2, 0.25) is 10.0 Å². The smallest absolute Gasteiger partial charge is 0.161 e. The number of amidine groups is 1. The van der Waals surface area contributed by atoms with Gasteiger partial charge in [-0.05, 0) is 31.0 Å². The summed E-state index contributed by atoms with van der Waals surface area (Å²) >= 11 is 13.6. The maximum absolute atomic E-state index is 5.95. The summed E-state index contributed by atoms with van der Waals surface area (Å²) in [6.45, 7) is 2.16. The minimum absolute atomic E-state index is 0.438. The van der Waals surface area contributed by atoms with Crippen LogP contribution in [0.1, 0.15) is 19.8 Å². The van der Waals surface area contributed by atoms with Gasteiger partial charge in [0.25, 0.3) is 0 Å². The first kappa shape index (κ1) is 13.1. The van der Waals surface area contributed by atoms with Crippen molar-refractivity contribution in [1.29, 1.82) is 0 Å². The highest BCUT2D eigenvalue weighted by Gasteiger charge is 2.14. The van der Waals surface area contributed by atoms with Gasteiger partial charge >= 0.3 is 0 Å². The van der Waals surface area contributed by atoms with Gasteiger partial charge in [-0.25, -0.2) is 0 Å². The van der Waals surface area contributed by atoms with Crippen molar-refractivity contribution in [3.63, 3.8) is 0 Å². The van der Waals surface area contributed by atoms with E-state index in [2.05, 4.69) is 17.2 Å². The summed E-state index contributed by atoms with van der Waals surface area (Å²) in [5.74, 6) is 1.11. The van der Waals surface area contributed by atoms with E-state index in [1.807, 2.05) is 12.1 Å². The molecule has 0 fully saturated rings. The quantitative estimate of drug-likeness (QED) is 0.855. The molecule has 2 rings (SSSR count). The molecule has 17 heavy (non-hydrogen) atoms. The lowest BCUT2D eigenvalue weighted by Crippen LogP contribution is -2.19. The number of hydrogen-bond acceptors (Lipinski definition) is 3. The molecule has 0 saturated carbocycles. The summed E-state index contributed by atoms with van der Waals surface area (Å²) in [6.07, 6.45) is 2.24. The SMILES string of the molecule is CCC1CCSC(Nc2cc(Cl)cc(Cl)c2)=N1. The summed E-state index contributed by atoms with van der Waals surface area (Å²) in [4.78, 5) is 4.64. The fourth-order valence-electron chi connectivity index (χ4n) is 1.67. The average Bonchev–Trinajstić information content (AvgIpc) is 2.28. The summed E-state index contributed by atoms with van der Waals surface area (Å²) in [7, 11) is 0. The first-order chi connectivity index (χ1) is 8.17. The number of thioether (sulfide) groups is 1. The van der Waals surface area contributed by atoms with E-state index in [1.165, 1.54) is 0 Å². The molecule has 0 amide bonds. The van der Waals surface area contributed by atoms with E-state index in [1.54, 1.807) is 17.8 Å². The molecule has 92 valence electrons. The van der Waals surface area contributed by atoms with Gasteiger partial charge in [0.05, 0.1) is 6.04 Å². The van der Waals surface area contributed by atoms with E-state index in [-0.39, 0.29) is 0 Å². The zero-order valence-electron chi connectivity index (χ0n) is 9.54. The maximum atomic E-state index is 5.95. The molecule has 1 aromatic rings. The fourth-order valence-corrected chi connectivity index (χ4v) is 3.20. The summed E-state index contributed by atoms with van der Waals surface area (Å²) in [5, 5.41) is 5.50. The number of nitrogens with one attached hydrogen (secondary N) is 1. The molecule has 1 aliphatic rings. The highest BCUT2D eigenvalue weighted by molar-refractivity contribution is 8.14. The van der Waals surface area contributed by atoms with Crippen LogP contribution in [-0.4, -0.2) is 17.0 Å². The van der Waals surface area contributed by atoms with E-state index < -0.39 is 0 Å². The van der Waals surface area contributed by atoms with Gasteiger partial charge in [0.15, 0.2) is 5.17 Å². The average molecular weight is 289 g/mol. The van der Waals surface area contributed by atoms with Crippen LogP contribution in [0.3, 0.4) is 0 Å². The van der Waals surface area contributed by atoms with Crippen molar-refractivity contribution < 1.29 is 0 Å². The number of nitrogens with zero attached hydrogens (tertiary/aromatic N) is 1. The highest BCUT2D eigenvalue weighted by atomic mass is 35.5. The van der Waals surface area contributed by atoms with Crippen molar-refractivity contribution in [1.82, 2.24) is 0 Å². The minimum Gasteiger partial charge on any atom is -0.335 e. The second-order valence-electron chi connectivity index (χ2n) is 3.92. The van der Waals surface area contributed by atoms with Crippen LogP contribution >= 0.6 is 35.0 Å². The van der Waals surface area contributed by atoms with Crippen molar-refractivity contribution in [2.75, 3.05) is 11.1 Å². The zero-order chi connectivity index (χ0) is 12.3. The fraction of sp³-hybridized carbons (Fsp3) is 0.417. The molecule has 1 aliphatic heterocycles. The van der Waals surface area contributed by atoms with Crippen molar-refractivity contribution in [3.8, 4) is 0 Å². The van der Waals surface area contributed by atoms with Gasteiger partial charge in [0, 0.05) is 21.5 Å². The molecule has 0 radical (unpaired) electrons. The Bertz CT molecular complexity index is 414. The molecule has 0 spiro atoms. The topological polar surface area (TPSA) is 24.4 Å². The lowest BCUT2D eigenvalue weighted by Gasteiger charge is -2.19. The molecule has 0 saturated heterocycles. The first-order valence-corrected chi connectivity index (χ1v) is 7.35. The standard InChI is InChI=1S/C12H14Cl2N2S/c1-2-10-3-4-17-12(15-10)16-11-6-8(13)5-9(14)7-11/h5-7,10H,2-4H2,1H3,(H,15,16). The highest BCUT2D eigenvalue weighted by Crippen LogP contribution is 2.25. The number of benzene rings is 1. The van der Waals surface area contributed by atoms with Crippen molar-refractivity contribution in [2.24, 2.45) is 4.99 Å². The number of rotatable bonds is 2. The first-order valence-electron chi connectivity index (χ1n) is 5.61. The molecular weight excluding hydrogens is 275 g/mol. The molecule has 5 heteroatoms. The predicted octanol–water partition coefficient (Wildman–Crippen LogP) is 4.68. The Balaban J connectivity index is 2.12. The molecule has 1 heterocycles. The van der Waals surface area contributed by atoms with Gasteiger partial charge in [-0.15, -0.1) is 0 Å². The largest absolute Gasteiger partial charge is 0.335 e. The van der Waals surface area contributed by atoms with E-state index in [0.29, 0.717) is 16.1 Å². The van der Waals surface area contributed by atoms with Crippen LogP contribution in [0.25, 0.3) is 0 Å². The van der Waals surface area contributed by atoms with E-state index in [9.17, 15) is 0 Å². The van der Waals surface area contributed by atoms with Crippen LogP contribution in [0, 0.1) is 0 Å². The Morgan fingerprint density at radius 1 is 1.35 bits per heavy atom. The van der Waals surface area contributed by atoms with Crippen LogP contribution in [0.4, 0.5) is 5.69 Å². The van der Waals surface area contributed by atoms with Crippen LogP contribution in [-0.2, 0) is 0 Å². The molecule has 0 aromatic heterocycles. The van der Waals surface area contributed by atoms with Gasteiger partial charge in [-0.3, -0.25) is 4.99 Å². The Labute approximate surface area is 116 Å². The van der Waals surface area contributed by atoms with Gasteiger partial charge in [0.1, 0.15) is 0 Å². The summed E-state index contributed by atoms with van der Waals surface area (Å²) in [5.41, 5.74) is 0.894. The zero-order valence-corrected chi connectivity index (χ0v) is 11.9. The van der Waals surface area contributed by atoms with Crippen LogP contribution < -0.4 is 5.32 Å². The summed E-state index contributed by atoms with van der Waals surface area (Å²) < 4.78 is 0. The Morgan fingerprint density at radius 3 is 2.71 bits per heavy atom. The third-order valence-electron chi connectivity index (χ3n) is 2.57. The Kier molecular flexibility index (Phi) is 4.60. The minimum atomic E-state index is 0.438. The molecule has 1 unspecified atom stereocenters. The molecule has 2 nitrogen and oxygen atoms in total. The van der Waals surface area contributed by atoms with Crippen molar-refractivity contribution >= 4 is 45.8 Å². The number of halogens is 2. The summed E-state index contributed by atoms with van der Waals surface area (Å²) in [6, 6.07) is 5.87.